The summed E-state index contributed by atoms with van der Waals surface area (Å²) in [6.07, 6.45) is 2.13. The van der Waals surface area contributed by atoms with Crippen LogP contribution in [0.1, 0.15) is 6.42 Å². The second-order valence-electron chi connectivity index (χ2n) is 5.61. The van der Waals surface area contributed by atoms with Gasteiger partial charge in [-0.05, 0) is 30.0 Å². The monoisotopic (exact) mass is 387 g/mol. The van der Waals surface area contributed by atoms with Gasteiger partial charge in [0, 0.05) is 13.1 Å². The SMILES string of the molecule is CN(c1ccc(NS(=O)(=O)c2cccs2)nc1)C1CCS(=O)(=O)C1. The summed E-state index contributed by atoms with van der Waals surface area (Å²) in [6.45, 7) is 0. The van der Waals surface area contributed by atoms with E-state index in [1.165, 1.54) is 12.3 Å². The van der Waals surface area contributed by atoms with Crippen LogP contribution >= 0.6 is 11.3 Å². The lowest BCUT2D eigenvalue weighted by atomic mass is 10.2. The highest BCUT2D eigenvalue weighted by atomic mass is 32.2. The summed E-state index contributed by atoms with van der Waals surface area (Å²) in [6, 6.07) is 6.41. The molecule has 1 atom stereocenters. The van der Waals surface area contributed by atoms with E-state index in [2.05, 4.69) is 9.71 Å². The number of rotatable bonds is 5. The molecule has 24 heavy (non-hydrogen) atoms. The van der Waals surface area contributed by atoms with Gasteiger partial charge in [-0.1, -0.05) is 6.07 Å². The van der Waals surface area contributed by atoms with E-state index in [-0.39, 0.29) is 27.6 Å². The molecule has 0 spiro atoms. The van der Waals surface area contributed by atoms with Gasteiger partial charge < -0.3 is 4.90 Å². The van der Waals surface area contributed by atoms with Crippen LogP contribution in [0.4, 0.5) is 11.5 Å². The summed E-state index contributed by atoms with van der Waals surface area (Å²) in [5.41, 5.74) is 0.746. The van der Waals surface area contributed by atoms with Gasteiger partial charge in [-0.15, -0.1) is 11.3 Å². The summed E-state index contributed by atoms with van der Waals surface area (Å²) in [5.74, 6) is 0.560. The fraction of sp³-hybridized carbons (Fsp3) is 0.357. The molecule has 1 fully saturated rings. The Balaban J connectivity index is 1.72. The van der Waals surface area contributed by atoms with Crippen molar-refractivity contribution in [2.24, 2.45) is 0 Å². The quantitative estimate of drug-likeness (QED) is 0.836. The largest absolute Gasteiger partial charge is 0.369 e. The van der Waals surface area contributed by atoms with Crippen LogP contribution in [0.25, 0.3) is 0 Å². The van der Waals surface area contributed by atoms with Crippen molar-refractivity contribution in [3.05, 3.63) is 35.8 Å². The van der Waals surface area contributed by atoms with E-state index in [1.807, 2.05) is 11.9 Å². The highest BCUT2D eigenvalue weighted by Crippen LogP contribution is 2.24. The van der Waals surface area contributed by atoms with Crippen LogP contribution in [0.3, 0.4) is 0 Å². The molecule has 1 N–H and O–H groups in total. The smallest absolute Gasteiger partial charge is 0.272 e. The van der Waals surface area contributed by atoms with Crippen molar-refractivity contribution in [3.8, 4) is 0 Å². The average Bonchev–Trinajstić information content (AvgIpc) is 3.17. The molecule has 2 aromatic rings. The van der Waals surface area contributed by atoms with Crippen molar-refractivity contribution in [1.82, 2.24) is 4.98 Å². The molecule has 130 valence electrons. The van der Waals surface area contributed by atoms with Gasteiger partial charge in [0.2, 0.25) is 0 Å². The number of thiophene rings is 1. The van der Waals surface area contributed by atoms with Gasteiger partial charge in [-0.25, -0.2) is 21.8 Å². The second-order valence-corrected chi connectivity index (χ2v) is 10.7. The van der Waals surface area contributed by atoms with E-state index in [9.17, 15) is 16.8 Å². The Kier molecular flexibility index (Phi) is 4.54. The molecule has 0 bridgehead atoms. The third kappa shape index (κ3) is 3.70. The predicted molar refractivity (Wildman–Crippen MR) is 94.8 cm³/mol. The lowest BCUT2D eigenvalue weighted by Crippen LogP contribution is -2.32. The number of sulfonamides is 1. The van der Waals surface area contributed by atoms with Gasteiger partial charge in [0.1, 0.15) is 10.0 Å². The van der Waals surface area contributed by atoms with Gasteiger partial charge in [-0.3, -0.25) is 4.72 Å². The molecule has 0 saturated carbocycles. The Hall–Kier alpha value is -1.65. The summed E-state index contributed by atoms with van der Waals surface area (Å²) in [4.78, 5) is 6.00. The number of aromatic nitrogens is 1. The lowest BCUT2D eigenvalue weighted by Gasteiger charge is -2.25. The lowest BCUT2D eigenvalue weighted by molar-refractivity contribution is 0.599. The van der Waals surface area contributed by atoms with Gasteiger partial charge in [-0.2, -0.15) is 0 Å². The van der Waals surface area contributed by atoms with E-state index in [0.29, 0.717) is 6.42 Å². The molecule has 1 aliphatic heterocycles. The fourth-order valence-electron chi connectivity index (χ4n) is 2.55. The van der Waals surface area contributed by atoms with Gasteiger partial charge in [0.25, 0.3) is 10.0 Å². The molecule has 3 heterocycles. The maximum atomic E-state index is 12.1. The van der Waals surface area contributed by atoms with Crippen molar-refractivity contribution in [2.45, 2.75) is 16.7 Å². The minimum atomic E-state index is -3.62. The average molecular weight is 388 g/mol. The number of hydrogen-bond acceptors (Lipinski definition) is 7. The van der Waals surface area contributed by atoms with Crippen molar-refractivity contribution in [3.63, 3.8) is 0 Å². The van der Waals surface area contributed by atoms with Crippen molar-refractivity contribution in [1.29, 1.82) is 0 Å². The van der Waals surface area contributed by atoms with E-state index >= 15 is 0 Å². The molecule has 7 nitrogen and oxygen atoms in total. The fourth-order valence-corrected chi connectivity index (χ4v) is 6.33. The van der Waals surface area contributed by atoms with Crippen LogP contribution in [0.5, 0.6) is 0 Å². The Bertz CT molecular complexity index is 907. The number of hydrogen-bond donors (Lipinski definition) is 1. The standard InChI is InChI=1S/C14H17N3O4S3/c1-17(12-6-8-23(18,19)10-12)11-4-5-13(15-9-11)16-24(20,21)14-3-2-7-22-14/h2-5,7,9,12H,6,8,10H2,1H3,(H,15,16). The second kappa shape index (κ2) is 6.34. The topological polar surface area (TPSA) is 96.4 Å². The molecule has 2 aromatic heterocycles. The van der Waals surface area contributed by atoms with Crippen LogP contribution in [0.15, 0.2) is 40.1 Å². The maximum absolute atomic E-state index is 12.1. The molecule has 1 unspecified atom stereocenters. The zero-order valence-corrected chi connectivity index (χ0v) is 15.4. The zero-order chi connectivity index (χ0) is 17.4. The van der Waals surface area contributed by atoms with Crippen LogP contribution < -0.4 is 9.62 Å². The first-order valence-corrected chi connectivity index (χ1v) is 11.4. The molecule has 1 aliphatic rings. The van der Waals surface area contributed by atoms with E-state index in [0.717, 1.165) is 17.0 Å². The summed E-state index contributed by atoms with van der Waals surface area (Å²) < 4.78 is 50.1. The van der Waals surface area contributed by atoms with Crippen LogP contribution in [0, 0.1) is 0 Å². The van der Waals surface area contributed by atoms with Gasteiger partial charge in [0.05, 0.1) is 23.4 Å². The first-order valence-electron chi connectivity index (χ1n) is 7.22. The molecule has 0 radical (unpaired) electrons. The molecule has 3 rings (SSSR count). The van der Waals surface area contributed by atoms with Crippen LogP contribution in [-0.2, 0) is 19.9 Å². The van der Waals surface area contributed by atoms with Crippen LogP contribution in [0.2, 0.25) is 0 Å². The van der Waals surface area contributed by atoms with Crippen molar-refractivity contribution >= 4 is 42.7 Å². The first-order chi connectivity index (χ1) is 11.3. The van der Waals surface area contributed by atoms with Crippen LogP contribution in [-0.4, -0.2) is 46.4 Å². The van der Waals surface area contributed by atoms with Gasteiger partial charge >= 0.3 is 0 Å². The Morgan fingerprint density at radius 2 is 2.12 bits per heavy atom. The minimum Gasteiger partial charge on any atom is -0.369 e. The van der Waals surface area contributed by atoms with E-state index in [1.54, 1.807) is 23.6 Å². The van der Waals surface area contributed by atoms with E-state index in [4.69, 9.17) is 0 Å². The molecule has 0 aliphatic carbocycles. The number of pyridine rings is 1. The summed E-state index contributed by atoms with van der Waals surface area (Å²) >= 11 is 1.13. The number of nitrogens with one attached hydrogen (secondary N) is 1. The Morgan fingerprint density at radius 3 is 2.67 bits per heavy atom. The normalized spacial score (nSPS) is 20.0. The summed E-state index contributed by atoms with van der Waals surface area (Å²) in [5, 5.41) is 1.69. The zero-order valence-electron chi connectivity index (χ0n) is 12.9. The minimum absolute atomic E-state index is 0.0783. The molecule has 10 heteroatoms. The number of sulfone groups is 1. The number of anilines is 2. The maximum Gasteiger partial charge on any atom is 0.272 e. The Morgan fingerprint density at radius 1 is 1.33 bits per heavy atom. The van der Waals surface area contributed by atoms with Crippen molar-refractivity contribution < 1.29 is 16.8 Å². The Labute approximate surface area is 145 Å². The third-order valence-electron chi connectivity index (χ3n) is 3.91. The van der Waals surface area contributed by atoms with Crippen molar-refractivity contribution in [2.75, 3.05) is 28.2 Å². The third-order valence-corrected chi connectivity index (χ3v) is 8.41. The highest BCUT2D eigenvalue weighted by Gasteiger charge is 2.30. The van der Waals surface area contributed by atoms with Gasteiger partial charge in [0.15, 0.2) is 9.84 Å². The molecule has 0 aromatic carbocycles. The molecule has 1 saturated heterocycles. The molecular weight excluding hydrogens is 370 g/mol. The molecular formula is C14H17N3O4S3. The summed E-state index contributed by atoms with van der Waals surface area (Å²) in [7, 11) is -4.76. The predicted octanol–water partition coefficient (Wildman–Crippen LogP) is 1.57. The first kappa shape index (κ1) is 17.2. The number of nitrogens with zero attached hydrogens (tertiary/aromatic N) is 2. The van der Waals surface area contributed by atoms with E-state index < -0.39 is 19.9 Å². The molecule has 0 amide bonds. The highest BCUT2D eigenvalue weighted by molar-refractivity contribution is 7.94.